The second kappa shape index (κ2) is 5.99. The summed E-state index contributed by atoms with van der Waals surface area (Å²) >= 11 is 0. The largest absolute Gasteiger partial charge is 0.341 e. The first-order valence-corrected chi connectivity index (χ1v) is 8.60. The number of nitrogens with zero attached hydrogens (tertiary/aromatic N) is 4. The van der Waals surface area contributed by atoms with Crippen LogP contribution in [0.25, 0.3) is 5.65 Å². The Hall–Kier alpha value is -3.13. The molecule has 0 bridgehead atoms. The Kier molecular flexibility index (Phi) is 3.77. The highest BCUT2D eigenvalue weighted by Crippen LogP contribution is 2.28. The number of amides is 1. The van der Waals surface area contributed by atoms with Gasteiger partial charge < -0.3 is 9.30 Å². The molecule has 1 aliphatic rings. The molecule has 5 heteroatoms. The Morgan fingerprint density at radius 2 is 1.96 bits per heavy atom. The lowest BCUT2D eigenvalue weighted by atomic mass is 9.87. The summed E-state index contributed by atoms with van der Waals surface area (Å²) in [6, 6.07) is 5.73. The number of aromatic nitrogens is 3. The lowest BCUT2D eigenvalue weighted by Crippen LogP contribution is -2.33. The second-order valence-electron chi connectivity index (χ2n) is 7.58. The van der Waals surface area contributed by atoms with Gasteiger partial charge in [0.1, 0.15) is 5.65 Å². The van der Waals surface area contributed by atoms with Gasteiger partial charge in [-0.3, -0.25) is 9.78 Å². The van der Waals surface area contributed by atoms with Crippen molar-refractivity contribution >= 4 is 11.6 Å². The molecule has 3 aromatic heterocycles. The van der Waals surface area contributed by atoms with Crippen LogP contribution in [0.4, 0.5) is 0 Å². The van der Waals surface area contributed by atoms with Gasteiger partial charge in [-0.1, -0.05) is 25.7 Å². The standard InChI is InChI=1S/C21H20N4O/c1-21(2)11-18-17(20(26)24(3)14-21)10-16(12-23-18)5-4-15-6-7-19-22-8-9-25(19)13-15/h6-10,12-13H,11,14H2,1-3H3. The van der Waals surface area contributed by atoms with E-state index in [2.05, 4.69) is 35.7 Å². The minimum atomic E-state index is 0.00999. The van der Waals surface area contributed by atoms with Crippen LogP contribution in [-0.2, 0) is 6.42 Å². The molecule has 0 N–H and O–H groups in total. The molecule has 0 saturated heterocycles. The maximum atomic E-state index is 12.7. The summed E-state index contributed by atoms with van der Waals surface area (Å²) in [6.07, 6.45) is 8.13. The predicted molar refractivity (Wildman–Crippen MR) is 99.9 cm³/mol. The van der Waals surface area contributed by atoms with Crippen molar-refractivity contribution < 1.29 is 4.79 Å². The molecule has 0 aromatic carbocycles. The van der Waals surface area contributed by atoms with Gasteiger partial charge in [-0.25, -0.2) is 4.98 Å². The van der Waals surface area contributed by atoms with Crippen LogP contribution >= 0.6 is 0 Å². The first-order chi connectivity index (χ1) is 12.4. The lowest BCUT2D eigenvalue weighted by Gasteiger charge is -2.26. The number of hydrogen-bond acceptors (Lipinski definition) is 3. The molecular weight excluding hydrogens is 324 g/mol. The van der Waals surface area contributed by atoms with Crippen LogP contribution in [0.5, 0.6) is 0 Å². The van der Waals surface area contributed by atoms with Crippen LogP contribution in [0.1, 0.15) is 41.0 Å². The van der Waals surface area contributed by atoms with Crippen LogP contribution in [0.3, 0.4) is 0 Å². The molecule has 4 rings (SSSR count). The monoisotopic (exact) mass is 344 g/mol. The fourth-order valence-corrected chi connectivity index (χ4v) is 3.45. The van der Waals surface area contributed by atoms with Crippen LogP contribution in [-0.4, -0.2) is 38.8 Å². The van der Waals surface area contributed by atoms with Crippen molar-refractivity contribution in [3.8, 4) is 11.8 Å². The van der Waals surface area contributed by atoms with Gasteiger partial charge in [0, 0.05) is 49.5 Å². The molecular formula is C21H20N4O. The van der Waals surface area contributed by atoms with E-state index >= 15 is 0 Å². The quantitative estimate of drug-likeness (QED) is 0.589. The maximum absolute atomic E-state index is 12.7. The molecule has 0 fully saturated rings. The number of hydrogen-bond donors (Lipinski definition) is 0. The molecule has 5 nitrogen and oxygen atoms in total. The Morgan fingerprint density at radius 1 is 1.15 bits per heavy atom. The third kappa shape index (κ3) is 3.06. The number of carbonyl (C=O) groups excluding carboxylic acids is 1. The third-order valence-corrected chi connectivity index (χ3v) is 4.60. The van der Waals surface area contributed by atoms with E-state index in [4.69, 9.17) is 0 Å². The number of pyridine rings is 2. The highest BCUT2D eigenvalue weighted by molar-refractivity contribution is 5.96. The van der Waals surface area contributed by atoms with E-state index < -0.39 is 0 Å². The van der Waals surface area contributed by atoms with Crippen molar-refractivity contribution in [1.29, 1.82) is 0 Å². The summed E-state index contributed by atoms with van der Waals surface area (Å²) in [7, 11) is 1.85. The van der Waals surface area contributed by atoms with E-state index in [1.54, 1.807) is 17.3 Å². The molecule has 0 aliphatic carbocycles. The Balaban J connectivity index is 1.69. The fourth-order valence-electron chi connectivity index (χ4n) is 3.45. The zero-order chi connectivity index (χ0) is 18.3. The maximum Gasteiger partial charge on any atom is 0.255 e. The van der Waals surface area contributed by atoms with Gasteiger partial charge in [-0.15, -0.1) is 0 Å². The molecule has 0 spiro atoms. The van der Waals surface area contributed by atoms with Gasteiger partial charge in [-0.2, -0.15) is 0 Å². The minimum absolute atomic E-state index is 0.00999. The molecule has 0 saturated carbocycles. The highest BCUT2D eigenvalue weighted by atomic mass is 16.2. The van der Waals surface area contributed by atoms with Gasteiger partial charge in [0.25, 0.3) is 5.91 Å². The minimum Gasteiger partial charge on any atom is -0.341 e. The number of carbonyl (C=O) groups is 1. The molecule has 3 aromatic rings. The van der Waals surface area contributed by atoms with E-state index in [1.165, 1.54) is 0 Å². The topological polar surface area (TPSA) is 50.5 Å². The van der Waals surface area contributed by atoms with E-state index in [-0.39, 0.29) is 11.3 Å². The van der Waals surface area contributed by atoms with Crippen molar-refractivity contribution in [3.05, 3.63) is 65.4 Å². The first-order valence-electron chi connectivity index (χ1n) is 8.60. The summed E-state index contributed by atoms with van der Waals surface area (Å²) < 4.78 is 1.93. The molecule has 4 heterocycles. The SMILES string of the molecule is CN1CC(C)(C)Cc2ncc(C#Cc3ccc4nccn4c3)cc2C1=O. The molecule has 0 unspecified atom stereocenters. The van der Waals surface area contributed by atoms with Crippen LogP contribution in [0.2, 0.25) is 0 Å². The average Bonchev–Trinajstić information content (AvgIpc) is 3.04. The Bertz CT molecular complexity index is 1070. The predicted octanol–water partition coefficient (Wildman–Crippen LogP) is 2.78. The van der Waals surface area contributed by atoms with Gasteiger partial charge in [0.2, 0.25) is 0 Å². The summed E-state index contributed by atoms with van der Waals surface area (Å²) in [5, 5.41) is 0. The van der Waals surface area contributed by atoms with Crippen molar-refractivity contribution in [3.63, 3.8) is 0 Å². The van der Waals surface area contributed by atoms with E-state index in [9.17, 15) is 4.79 Å². The molecule has 26 heavy (non-hydrogen) atoms. The Morgan fingerprint density at radius 3 is 2.81 bits per heavy atom. The van der Waals surface area contributed by atoms with Crippen molar-refractivity contribution in [2.24, 2.45) is 5.41 Å². The number of fused-ring (bicyclic) bond motifs is 2. The normalized spacial score (nSPS) is 16.0. The third-order valence-electron chi connectivity index (χ3n) is 4.60. The molecule has 0 atom stereocenters. The van der Waals surface area contributed by atoms with Crippen LogP contribution in [0.15, 0.2) is 43.0 Å². The van der Waals surface area contributed by atoms with Crippen LogP contribution in [0, 0.1) is 17.3 Å². The van der Waals surface area contributed by atoms with Crippen molar-refractivity contribution in [1.82, 2.24) is 19.3 Å². The molecule has 1 aliphatic heterocycles. The average molecular weight is 344 g/mol. The summed E-state index contributed by atoms with van der Waals surface area (Å²) in [5.41, 5.74) is 4.05. The van der Waals surface area contributed by atoms with Crippen LogP contribution < -0.4 is 0 Å². The first kappa shape index (κ1) is 16.3. The number of rotatable bonds is 0. The van der Waals surface area contributed by atoms with Gasteiger partial charge >= 0.3 is 0 Å². The van der Waals surface area contributed by atoms with Gasteiger partial charge in [-0.05, 0) is 30.0 Å². The van der Waals surface area contributed by atoms with E-state index in [0.29, 0.717) is 12.1 Å². The summed E-state index contributed by atoms with van der Waals surface area (Å²) in [4.78, 5) is 23.2. The van der Waals surface area contributed by atoms with Crippen molar-refractivity contribution in [2.45, 2.75) is 20.3 Å². The smallest absolute Gasteiger partial charge is 0.255 e. The lowest BCUT2D eigenvalue weighted by molar-refractivity contribution is 0.0754. The Labute approximate surface area is 152 Å². The summed E-state index contributed by atoms with van der Waals surface area (Å²) in [5.74, 6) is 6.29. The summed E-state index contributed by atoms with van der Waals surface area (Å²) in [6.45, 7) is 5.04. The number of imidazole rings is 1. The van der Waals surface area contributed by atoms with Gasteiger partial charge in [0.05, 0.1) is 11.3 Å². The second-order valence-corrected chi connectivity index (χ2v) is 7.58. The van der Waals surface area contributed by atoms with Crippen molar-refractivity contribution in [2.75, 3.05) is 13.6 Å². The molecule has 1 amide bonds. The highest BCUT2D eigenvalue weighted by Gasteiger charge is 2.31. The van der Waals surface area contributed by atoms with E-state index in [0.717, 1.165) is 28.9 Å². The zero-order valence-corrected chi connectivity index (χ0v) is 15.2. The van der Waals surface area contributed by atoms with E-state index in [1.807, 2.05) is 42.0 Å². The molecule has 0 radical (unpaired) electrons. The molecule has 130 valence electrons. The fraction of sp³-hybridized carbons (Fsp3) is 0.286. The van der Waals surface area contributed by atoms with Gasteiger partial charge in [0.15, 0.2) is 0 Å². The zero-order valence-electron chi connectivity index (χ0n) is 15.2.